The highest BCUT2D eigenvalue weighted by atomic mass is 16.5. The van der Waals surface area contributed by atoms with Crippen LogP contribution in [0.4, 0.5) is 0 Å². The fourth-order valence-electron chi connectivity index (χ4n) is 2.42. The molecular weight excluding hydrogens is 236 g/mol. The number of aliphatic hydroxyl groups is 2. The molecule has 0 amide bonds. The van der Waals surface area contributed by atoms with Gasteiger partial charge in [-0.25, -0.2) is 0 Å². The topological polar surface area (TPSA) is 87.0 Å². The number of hydrogen-bond donors (Lipinski definition) is 3. The molecule has 18 heavy (non-hydrogen) atoms. The van der Waals surface area contributed by atoms with Crippen LogP contribution in [0.1, 0.15) is 46.0 Å². The molecule has 0 aromatic rings. The Hall–Kier alpha value is -0.650. The Balaban J connectivity index is 2.32. The van der Waals surface area contributed by atoms with E-state index in [0.717, 1.165) is 12.8 Å². The summed E-state index contributed by atoms with van der Waals surface area (Å²) in [6.45, 7) is 3.81. The summed E-state index contributed by atoms with van der Waals surface area (Å²) >= 11 is 0. The SMILES string of the molecule is C[C@H](CCCCC(=O)O)C1O[C@@H](C)[C@H](O)C[C@H]1O. The maximum absolute atomic E-state index is 10.4. The average molecular weight is 260 g/mol. The van der Waals surface area contributed by atoms with Gasteiger partial charge in [0.1, 0.15) is 0 Å². The van der Waals surface area contributed by atoms with Crippen molar-refractivity contribution in [3.05, 3.63) is 0 Å². The summed E-state index contributed by atoms with van der Waals surface area (Å²) in [5.74, 6) is -0.600. The Bertz CT molecular complexity index is 268. The third-order valence-electron chi connectivity index (χ3n) is 3.64. The van der Waals surface area contributed by atoms with Gasteiger partial charge in [0, 0.05) is 12.8 Å². The lowest BCUT2D eigenvalue weighted by molar-refractivity contribution is -0.178. The number of carboxylic acids is 1. The number of rotatable bonds is 6. The first kappa shape index (κ1) is 15.4. The second-order valence-corrected chi connectivity index (χ2v) is 5.29. The minimum atomic E-state index is -0.770. The van der Waals surface area contributed by atoms with E-state index in [0.29, 0.717) is 12.8 Å². The Morgan fingerprint density at radius 2 is 2.00 bits per heavy atom. The summed E-state index contributed by atoms with van der Waals surface area (Å²) in [5.41, 5.74) is 0. The molecule has 1 aliphatic heterocycles. The van der Waals surface area contributed by atoms with Gasteiger partial charge in [0.25, 0.3) is 0 Å². The molecule has 5 nitrogen and oxygen atoms in total. The van der Waals surface area contributed by atoms with Crippen LogP contribution in [-0.2, 0) is 9.53 Å². The van der Waals surface area contributed by atoms with E-state index in [4.69, 9.17) is 9.84 Å². The smallest absolute Gasteiger partial charge is 0.303 e. The summed E-state index contributed by atoms with van der Waals surface area (Å²) < 4.78 is 5.63. The number of aliphatic carboxylic acids is 1. The molecule has 1 saturated heterocycles. The van der Waals surface area contributed by atoms with E-state index in [9.17, 15) is 15.0 Å². The Morgan fingerprint density at radius 1 is 1.33 bits per heavy atom. The monoisotopic (exact) mass is 260 g/mol. The molecule has 106 valence electrons. The number of carbonyl (C=O) groups is 1. The third kappa shape index (κ3) is 4.55. The van der Waals surface area contributed by atoms with Crippen LogP contribution < -0.4 is 0 Å². The summed E-state index contributed by atoms with van der Waals surface area (Å²) in [7, 11) is 0. The molecule has 0 aromatic heterocycles. The van der Waals surface area contributed by atoms with E-state index >= 15 is 0 Å². The molecule has 3 N–H and O–H groups in total. The lowest BCUT2D eigenvalue weighted by atomic mass is 9.88. The van der Waals surface area contributed by atoms with Crippen molar-refractivity contribution in [1.82, 2.24) is 0 Å². The fourth-order valence-corrected chi connectivity index (χ4v) is 2.42. The first-order valence-corrected chi connectivity index (χ1v) is 6.65. The predicted octanol–water partition coefficient (Wildman–Crippen LogP) is 1.17. The quantitative estimate of drug-likeness (QED) is 0.624. The molecule has 0 saturated carbocycles. The molecule has 1 unspecified atom stereocenters. The van der Waals surface area contributed by atoms with Gasteiger partial charge in [0.2, 0.25) is 0 Å². The summed E-state index contributed by atoms with van der Waals surface area (Å²) in [4.78, 5) is 10.4. The molecule has 1 fully saturated rings. The van der Waals surface area contributed by atoms with Crippen molar-refractivity contribution in [1.29, 1.82) is 0 Å². The molecule has 0 bridgehead atoms. The Kier molecular flexibility index (Phi) is 6.05. The second-order valence-electron chi connectivity index (χ2n) is 5.29. The number of carboxylic acid groups (broad SMARTS) is 1. The van der Waals surface area contributed by atoms with E-state index in [1.807, 2.05) is 6.92 Å². The maximum atomic E-state index is 10.4. The molecule has 5 atom stereocenters. The van der Waals surface area contributed by atoms with E-state index in [1.54, 1.807) is 6.92 Å². The van der Waals surface area contributed by atoms with Crippen molar-refractivity contribution in [2.75, 3.05) is 0 Å². The third-order valence-corrected chi connectivity index (χ3v) is 3.64. The average Bonchev–Trinajstić information content (AvgIpc) is 2.28. The molecule has 1 aliphatic rings. The van der Waals surface area contributed by atoms with Crippen molar-refractivity contribution in [2.45, 2.75) is 70.4 Å². The molecule has 0 radical (unpaired) electrons. The molecule has 5 heteroatoms. The van der Waals surface area contributed by atoms with Crippen LogP contribution >= 0.6 is 0 Å². The molecule has 0 aromatic carbocycles. The molecular formula is C13H24O5. The first-order chi connectivity index (χ1) is 8.41. The van der Waals surface area contributed by atoms with Crippen LogP contribution in [0.25, 0.3) is 0 Å². The highest BCUT2D eigenvalue weighted by Crippen LogP contribution is 2.27. The van der Waals surface area contributed by atoms with Crippen molar-refractivity contribution < 1.29 is 24.9 Å². The lowest BCUT2D eigenvalue weighted by Gasteiger charge is -2.38. The van der Waals surface area contributed by atoms with Gasteiger partial charge in [-0.05, 0) is 25.7 Å². The van der Waals surface area contributed by atoms with E-state index in [1.165, 1.54) is 0 Å². The Labute approximate surface area is 108 Å². The van der Waals surface area contributed by atoms with Crippen molar-refractivity contribution >= 4 is 5.97 Å². The summed E-state index contributed by atoms with van der Waals surface area (Å²) in [6.07, 6.45) is 1.10. The largest absolute Gasteiger partial charge is 0.481 e. The number of aliphatic hydroxyl groups excluding tert-OH is 2. The minimum Gasteiger partial charge on any atom is -0.481 e. The van der Waals surface area contributed by atoms with Gasteiger partial charge in [-0.1, -0.05) is 13.3 Å². The first-order valence-electron chi connectivity index (χ1n) is 6.65. The van der Waals surface area contributed by atoms with Crippen LogP contribution in [0.15, 0.2) is 0 Å². The van der Waals surface area contributed by atoms with Gasteiger partial charge in [-0.2, -0.15) is 0 Å². The highest BCUT2D eigenvalue weighted by Gasteiger charge is 2.36. The van der Waals surface area contributed by atoms with Crippen molar-refractivity contribution in [3.8, 4) is 0 Å². The number of unbranched alkanes of at least 4 members (excludes halogenated alkanes) is 1. The van der Waals surface area contributed by atoms with Gasteiger partial charge in [-0.3, -0.25) is 4.79 Å². The zero-order valence-corrected chi connectivity index (χ0v) is 11.1. The van der Waals surface area contributed by atoms with E-state index in [-0.39, 0.29) is 24.5 Å². The Morgan fingerprint density at radius 3 is 2.61 bits per heavy atom. The fraction of sp³-hybridized carbons (Fsp3) is 0.923. The normalized spacial score (nSPS) is 34.2. The van der Waals surface area contributed by atoms with Gasteiger partial charge < -0.3 is 20.1 Å². The molecule has 0 spiro atoms. The maximum Gasteiger partial charge on any atom is 0.303 e. The predicted molar refractivity (Wildman–Crippen MR) is 66.2 cm³/mol. The van der Waals surface area contributed by atoms with Gasteiger partial charge >= 0.3 is 5.97 Å². The van der Waals surface area contributed by atoms with Gasteiger partial charge in [0.15, 0.2) is 0 Å². The summed E-state index contributed by atoms with van der Waals surface area (Å²) in [6, 6.07) is 0. The van der Waals surface area contributed by atoms with E-state index < -0.39 is 18.2 Å². The van der Waals surface area contributed by atoms with Crippen molar-refractivity contribution in [2.24, 2.45) is 5.92 Å². The van der Waals surface area contributed by atoms with E-state index in [2.05, 4.69) is 0 Å². The highest BCUT2D eigenvalue weighted by molar-refractivity contribution is 5.66. The zero-order valence-electron chi connectivity index (χ0n) is 11.1. The standard InChI is InChI=1S/C13H24O5/c1-8(5-3-4-6-12(16)17)13-11(15)7-10(14)9(2)18-13/h8-11,13-15H,3-7H2,1-2H3,(H,16,17)/t8-,9+,10-,11-,13?/m1/s1. The molecule has 0 aliphatic carbocycles. The van der Waals surface area contributed by atoms with Gasteiger partial charge in [-0.15, -0.1) is 0 Å². The number of hydrogen-bond acceptors (Lipinski definition) is 4. The van der Waals surface area contributed by atoms with Gasteiger partial charge in [0.05, 0.1) is 24.4 Å². The number of ether oxygens (including phenoxy) is 1. The lowest BCUT2D eigenvalue weighted by Crippen LogP contribution is -2.48. The second kappa shape index (κ2) is 7.07. The molecule has 1 heterocycles. The van der Waals surface area contributed by atoms with Crippen LogP contribution in [0.2, 0.25) is 0 Å². The van der Waals surface area contributed by atoms with Crippen LogP contribution in [0.3, 0.4) is 0 Å². The van der Waals surface area contributed by atoms with Crippen LogP contribution in [0.5, 0.6) is 0 Å². The summed E-state index contributed by atoms with van der Waals surface area (Å²) in [5, 5.41) is 28.0. The minimum absolute atomic E-state index is 0.170. The molecule has 1 rings (SSSR count). The van der Waals surface area contributed by atoms with Crippen LogP contribution in [-0.4, -0.2) is 45.7 Å². The zero-order chi connectivity index (χ0) is 13.7. The van der Waals surface area contributed by atoms with Crippen LogP contribution in [0, 0.1) is 5.92 Å². The van der Waals surface area contributed by atoms with Crippen molar-refractivity contribution in [3.63, 3.8) is 0 Å².